The van der Waals surface area contributed by atoms with E-state index in [4.69, 9.17) is 5.73 Å². The van der Waals surface area contributed by atoms with Gasteiger partial charge in [0.15, 0.2) is 5.82 Å². The van der Waals surface area contributed by atoms with Gasteiger partial charge in [-0.25, -0.2) is 9.97 Å². The molecule has 17 heavy (non-hydrogen) atoms. The zero-order valence-electron chi connectivity index (χ0n) is 9.34. The average molecular weight is 241 g/mol. The van der Waals surface area contributed by atoms with Gasteiger partial charge in [0.2, 0.25) is 0 Å². The maximum Gasteiger partial charge on any atom is 0.150 e. The van der Waals surface area contributed by atoms with E-state index in [1.807, 2.05) is 12.1 Å². The Bertz CT molecular complexity index is 688. The van der Waals surface area contributed by atoms with Gasteiger partial charge in [-0.15, -0.1) is 11.3 Å². The molecule has 1 aromatic carbocycles. The molecule has 2 aromatic heterocycles. The Kier molecular flexibility index (Phi) is 2.30. The van der Waals surface area contributed by atoms with Crippen molar-refractivity contribution in [3.05, 3.63) is 42.1 Å². The number of nitrogens with zero attached hydrogens (tertiary/aromatic N) is 2. The van der Waals surface area contributed by atoms with Crippen LogP contribution in [-0.4, -0.2) is 9.97 Å². The summed E-state index contributed by atoms with van der Waals surface area (Å²) in [6.45, 7) is 2.08. The van der Waals surface area contributed by atoms with E-state index in [9.17, 15) is 0 Å². The molecule has 2 heterocycles. The summed E-state index contributed by atoms with van der Waals surface area (Å²) in [6, 6.07) is 10.3. The molecule has 0 saturated heterocycles. The Morgan fingerprint density at radius 1 is 1.24 bits per heavy atom. The second-order valence-corrected chi connectivity index (χ2v) is 4.96. The van der Waals surface area contributed by atoms with Crippen LogP contribution >= 0.6 is 11.3 Å². The summed E-state index contributed by atoms with van der Waals surface area (Å²) in [4.78, 5) is 8.61. The number of pyridine rings is 1. The quantitative estimate of drug-likeness (QED) is 0.711. The number of anilines is 1. The van der Waals surface area contributed by atoms with Crippen LogP contribution in [0.2, 0.25) is 0 Å². The fourth-order valence-corrected chi connectivity index (χ4v) is 2.74. The number of fused-ring (bicyclic) bond motifs is 1. The average Bonchev–Trinajstić information content (AvgIpc) is 2.74. The van der Waals surface area contributed by atoms with Gasteiger partial charge in [0.05, 0.1) is 4.70 Å². The molecule has 0 aliphatic heterocycles. The van der Waals surface area contributed by atoms with Crippen molar-refractivity contribution in [3.8, 4) is 10.6 Å². The maximum atomic E-state index is 5.81. The molecule has 4 heteroatoms. The van der Waals surface area contributed by atoms with Gasteiger partial charge in [0.25, 0.3) is 0 Å². The maximum absolute atomic E-state index is 5.81. The van der Waals surface area contributed by atoms with Crippen LogP contribution in [0.1, 0.15) is 5.56 Å². The van der Waals surface area contributed by atoms with Crippen LogP contribution in [0.3, 0.4) is 0 Å². The topological polar surface area (TPSA) is 51.8 Å². The third kappa shape index (κ3) is 1.76. The predicted octanol–water partition coefficient (Wildman–Crippen LogP) is 3.25. The number of nitrogen functional groups attached to an aromatic ring is 1. The van der Waals surface area contributed by atoms with E-state index in [1.54, 1.807) is 17.5 Å². The number of hydrogen-bond donors (Lipinski definition) is 1. The van der Waals surface area contributed by atoms with Crippen LogP contribution in [0.15, 0.2) is 36.5 Å². The first kappa shape index (κ1) is 10.2. The Morgan fingerprint density at radius 3 is 2.88 bits per heavy atom. The Labute approximate surface area is 103 Å². The van der Waals surface area contributed by atoms with E-state index in [2.05, 4.69) is 35.1 Å². The van der Waals surface area contributed by atoms with Crippen molar-refractivity contribution >= 4 is 27.4 Å². The number of rotatable bonds is 1. The minimum Gasteiger partial charge on any atom is -0.382 e. The predicted molar refractivity (Wildman–Crippen MR) is 72.0 cm³/mol. The molecule has 0 amide bonds. The molecule has 3 nitrogen and oxygen atoms in total. The smallest absolute Gasteiger partial charge is 0.150 e. The van der Waals surface area contributed by atoms with Crippen LogP contribution in [0.4, 0.5) is 5.82 Å². The molecule has 0 saturated carbocycles. The molecule has 3 aromatic rings. The number of aromatic nitrogens is 2. The largest absolute Gasteiger partial charge is 0.382 e. The summed E-state index contributed by atoms with van der Waals surface area (Å²) in [5.74, 6) is 0.498. The molecular weight excluding hydrogens is 230 g/mol. The molecule has 0 atom stereocenters. The van der Waals surface area contributed by atoms with E-state index in [-0.39, 0.29) is 0 Å². The standard InChI is InChI=1S/C13H11N3S/c1-8-3-2-4-9(7-8)13-16-11-10(17-13)5-6-15-12(11)14/h2-7H,1H3,(H2,14,15). The molecule has 3 rings (SSSR count). The van der Waals surface area contributed by atoms with E-state index in [0.29, 0.717) is 5.82 Å². The lowest BCUT2D eigenvalue weighted by Gasteiger charge is -1.96. The fourth-order valence-electron chi connectivity index (χ4n) is 1.78. The molecule has 2 N–H and O–H groups in total. The van der Waals surface area contributed by atoms with Crippen LogP contribution in [-0.2, 0) is 0 Å². The summed E-state index contributed by atoms with van der Waals surface area (Å²) in [6.07, 6.45) is 1.72. The summed E-state index contributed by atoms with van der Waals surface area (Å²) >= 11 is 1.64. The third-order valence-electron chi connectivity index (χ3n) is 2.60. The highest BCUT2D eigenvalue weighted by Gasteiger charge is 2.08. The first-order valence-corrected chi connectivity index (χ1v) is 6.14. The number of thiazole rings is 1. The summed E-state index contributed by atoms with van der Waals surface area (Å²) < 4.78 is 1.08. The second-order valence-electron chi connectivity index (χ2n) is 3.93. The van der Waals surface area contributed by atoms with Crippen molar-refractivity contribution in [2.24, 2.45) is 0 Å². The fraction of sp³-hybridized carbons (Fsp3) is 0.0769. The molecular formula is C13H11N3S. The third-order valence-corrected chi connectivity index (χ3v) is 3.67. The van der Waals surface area contributed by atoms with E-state index >= 15 is 0 Å². The van der Waals surface area contributed by atoms with Crippen LogP contribution in [0.25, 0.3) is 20.8 Å². The highest BCUT2D eigenvalue weighted by atomic mass is 32.1. The number of aryl methyl sites for hydroxylation is 1. The van der Waals surface area contributed by atoms with Crippen molar-refractivity contribution in [1.82, 2.24) is 9.97 Å². The number of nitrogens with two attached hydrogens (primary N) is 1. The number of benzene rings is 1. The first-order valence-electron chi connectivity index (χ1n) is 5.32. The van der Waals surface area contributed by atoms with Crippen molar-refractivity contribution in [1.29, 1.82) is 0 Å². The van der Waals surface area contributed by atoms with Gasteiger partial charge >= 0.3 is 0 Å². The Hall–Kier alpha value is -1.94. The molecule has 0 unspecified atom stereocenters. The molecule has 0 aliphatic carbocycles. The highest BCUT2D eigenvalue weighted by molar-refractivity contribution is 7.21. The zero-order chi connectivity index (χ0) is 11.8. The number of hydrogen-bond acceptors (Lipinski definition) is 4. The zero-order valence-corrected chi connectivity index (χ0v) is 10.2. The van der Waals surface area contributed by atoms with Crippen molar-refractivity contribution in [2.45, 2.75) is 6.92 Å². The molecule has 0 bridgehead atoms. The summed E-state index contributed by atoms with van der Waals surface area (Å²) in [7, 11) is 0. The first-order chi connectivity index (χ1) is 8.24. The van der Waals surface area contributed by atoms with Crippen molar-refractivity contribution in [3.63, 3.8) is 0 Å². The molecule has 0 fully saturated rings. The van der Waals surface area contributed by atoms with E-state index < -0.39 is 0 Å². The highest BCUT2D eigenvalue weighted by Crippen LogP contribution is 2.31. The molecule has 0 radical (unpaired) electrons. The van der Waals surface area contributed by atoms with E-state index in [0.717, 1.165) is 20.8 Å². The van der Waals surface area contributed by atoms with Gasteiger partial charge in [-0.3, -0.25) is 0 Å². The second kappa shape index (κ2) is 3.82. The van der Waals surface area contributed by atoms with Crippen LogP contribution in [0.5, 0.6) is 0 Å². The minimum absolute atomic E-state index is 0.498. The van der Waals surface area contributed by atoms with Crippen LogP contribution in [0, 0.1) is 6.92 Å². The van der Waals surface area contributed by atoms with E-state index in [1.165, 1.54) is 5.56 Å². The Morgan fingerprint density at radius 2 is 2.12 bits per heavy atom. The van der Waals surface area contributed by atoms with Gasteiger partial charge in [-0.2, -0.15) is 0 Å². The van der Waals surface area contributed by atoms with Gasteiger partial charge in [0, 0.05) is 11.8 Å². The lowest BCUT2D eigenvalue weighted by molar-refractivity contribution is 1.34. The van der Waals surface area contributed by atoms with Crippen LogP contribution < -0.4 is 5.73 Å². The van der Waals surface area contributed by atoms with Crippen molar-refractivity contribution < 1.29 is 0 Å². The van der Waals surface area contributed by atoms with Gasteiger partial charge in [-0.1, -0.05) is 23.8 Å². The molecule has 0 aliphatic rings. The van der Waals surface area contributed by atoms with Crippen molar-refractivity contribution in [2.75, 3.05) is 5.73 Å². The lowest BCUT2D eigenvalue weighted by atomic mass is 10.1. The van der Waals surface area contributed by atoms with Gasteiger partial charge < -0.3 is 5.73 Å². The van der Waals surface area contributed by atoms with Gasteiger partial charge in [-0.05, 0) is 19.1 Å². The summed E-state index contributed by atoms with van der Waals surface area (Å²) in [5.41, 5.74) is 8.97. The monoisotopic (exact) mass is 241 g/mol. The van der Waals surface area contributed by atoms with Gasteiger partial charge in [0.1, 0.15) is 10.5 Å². The minimum atomic E-state index is 0.498. The summed E-state index contributed by atoms with van der Waals surface area (Å²) in [5, 5.41) is 0.989. The molecule has 84 valence electrons. The normalized spacial score (nSPS) is 10.9. The Balaban J connectivity index is 2.22. The molecule has 0 spiro atoms. The lowest BCUT2D eigenvalue weighted by Crippen LogP contribution is -1.89. The SMILES string of the molecule is Cc1cccc(-c2nc3c(N)nccc3s2)c1.